The lowest BCUT2D eigenvalue weighted by molar-refractivity contribution is -0.266. The molecule has 157 valence electrons. The molecule has 0 aliphatic carbocycles. The maximum atomic E-state index is 12.8. The van der Waals surface area contributed by atoms with Crippen molar-refractivity contribution in [2.45, 2.75) is 45.3 Å². The van der Waals surface area contributed by atoms with Gasteiger partial charge in [0, 0.05) is 19.3 Å². The molecule has 2 aromatic heterocycles. The molecule has 0 spiro atoms. The molecule has 0 saturated carbocycles. The zero-order valence-electron chi connectivity index (χ0n) is 17.3. The van der Waals surface area contributed by atoms with E-state index in [0.717, 1.165) is 21.9 Å². The molecule has 0 amide bonds. The highest BCUT2D eigenvalue weighted by Crippen LogP contribution is 2.48. The number of aromatic amines is 1. The molecule has 0 bridgehead atoms. The van der Waals surface area contributed by atoms with Crippen LogP contribution in [0.3, 0.4) is 0 Å². The van der Waals surface area contributed by atoms with Crippen LogP contribution in [-0.4, -0.2) is 36.2 Å². The van der Waals surface area contributed by atoms with E-state index >= 15 is 0 Å². The number of benzene rings is 1. The highest BCUT2D eigenvalue weighted by atomic mass is 16.5. The van der Waals surface area contributed by atoms with Gasteiger partial charge >= 0.3 is 5.69 Å². The predicted octanol–water partition coefficient (Wildman–Crippen LogP) is 0.874. The Balaban J connectivity index is 1.77. The summed E-state index contributed by atoms with van der Waals surface area (Å²) in [4.78, 5) is 26.4. The van der Waals surface area contributed by atoms with Gasteiger partial charge in [0.1, 0.15) is 5.69 Å². The van der Waals surface area contributed by atoms with E-state index in [2.05, 4.69) is 15.3 Å². The normalized spacial score (nSPS) is 17.3. The molecule has 10 heteroatoms. The molecule has 3 heterocycles. The molecule has 1 aliphatic heterocycles. The van der Waals surface area contributed by atoms with Crippen LogP contribution in [0.5, 0.6) is 0 Å². The molecule has 1 aromatic carbocycles. The summed E-state index contributed by atoms with van der Waals surface area (Å²) in [6.45, 7) is 8.13. The van der Waals surface area contributed by atoms with Gasteiger partial charge in [-0.15, -0.1) is 15.4 Å². The number of nitrogens with zero attached hydrogens (tertiary/aromatic N) is 5. The van der Waals surface area contributed by atoms with Gasteiger partial charge in [0.15, 0.2) is 0 Å². The lowest BCUT2D eigenvalue weighted by atomic mass is 9.90. The Morgan fingerprint density at radius 1 is 1.07 bits per heavy atom. The molecule has 4 rings (SSSR count). The number of fused-ring (bicyclic) bond motifs is 1. The first-order valence-electron chi connectivity index (χ1n) is 9.67. The highest BCUT2D eigenvalue weighted by Gasteiger charge is 2.50. The quantitative estimate of drug-likeness (QED) is 0.655. The molecule has 0 unspecified atom stereocenters. The Morgan fingerprint density at radius 3 is 2.47 bits per heavy atom. The number of hydroxylamine groups is 2. The minimum Gasteiger partial charge on any atom is -0.329 e. The van der Waals surface area contributed by atoms with E-state index in [9.17, 15) is 14.8 Å². The zero-order valence-corrected chi connectivity index (χ0v) is 17.3. The van der Waals surface area contributed by atoms with Crippen molar-refractivity contribution in [3.63, 3.8) is 0 Å². The number of hydrogen-bond acceptors (Lipinski definition) is 6. The fourth-order valence-electron chi connectivity index (χ4n) is 4.14. The number of nitrogens with one attached hydrogen (secondary N) is 1. The number of aromatic nitrogens is 5. The van der Waals surface area contributed by atoms with E-state index in [-0.39, 0.29) is 18.7 Å². The molecule has 10 nitrogen and oxygen atoms in total. The third-order valence-corrected chi connectivity index (χ3v) is 5.75. The van der Waals surface area contributed by atoms with E-state index in [0.29, 0.717) is 5.69 Å². The van der Waals surface area contributed by atoms with E-state index < -0.39 is 22.3 Å². The molecule has 30 heavy (non-hydrogen) atoms. The monoisotopic (exact) mass is 410 g/mol. The summed E-state index contributed by atoms with van der Waals surface area (Å²) in [5.74, 6) is 0. The number of hydrogen-bond donors (Lipinski definition) is 2. The van der Waals surface area contributed by atoms with Crippen LogP contribution in [-0.2, 0) is 22.8 Å². The summed E-state index contributed by atoms with van der Waals surface area (Å²) in [5.41, 5.74) is 6.30. The molecule has 3 N–H and O–H groups in total. The zero-order chi connectivity index (χ0) is 21.8. The van der Waals surface area contributed by atoms with Crippen molar-refractivity contribution in [2.75, 3.05) is 6.54 Å². The van der Waals surface area contributed by atoms with E-state index in [4.69, 9.17) is 5.73 Å². The first kappa shape index (κ1) is 20.2. The van der Waals surface area contributed by atoms with Crippen LogP contribution in [0.25, 0.3) is 16.9 Å². The predicted molar refractivity (Wildman–Crippen MR) is 109 cm³/mol. The fraction of sp³-hybridized carbons (Fsp3) is 0.400. The number of nitrogens with two attached hydrogens (primary N) is 1. The van der Waals surface area contributed by atoms with Gasteiger partial charge in [-0.25, -0.2) is 9.48 Å². The standard InChI is InChI=1S/C20H24N7O3/c1-19(2)14-6-5-12(9-15(14)20(3,4)27(19)30)26-11-16(23-24-26)13-10-25(8-7-21)18(29)22-17(13)28/h5-6,9-11H,7-8,21H2,1-4H3,(H,22,28,29). The van der Waals surface area contributed by atoms with Crippen LogP contribution < -0.4 is 17.0 Å². The Morgan fingerprint density at radius 2 is 1.77 bits per heavy atom. The Labute approximate surface area is 172 Å². The maximum Gasteiger partial charge on any atom is 0.328 e. The van der Waals surface area contributed by atoms with Gasteiger partial charge in [-0.1, -0.05) is 11.3 Å². The third kappa shape index (κ3) is 2.92. The van der Waals surface area contributed by atoms with Crippen LogP contribution in [0.15, 0.2) is 40.2 Å². The van der Waals surface area contributed by atoms with E-state index in [1.54, 1.807) is 10.9 Å². The Hall–Kier alpha value is -3.08. The molecule has 0 atom stereocenters. The van der Waals surface area contributed by atoms with Gasteiger partial charge in [0.25, 0.3) is 5.56 Å². The van der Waals surface area contributed by atoms with Gasteiger partial charge in [0.05, 0.1) is 28.5 Å². The average molecular weight is 410 g/mol. The van der Waals surface area contributed by atoms with Gasteiger partial charge < -0.3 is 5.73 Å². The molecule has 3 aromatic rings. The second-order valence-corrected chi connectivity index (χ2v) is 8.47. The Kier molecular flexibility index (Phi) is 4.53. The highest BCUT2D eigenvalue weighted by molar-refractivity contribution is 5.56. The lowest BCUT2D eigenvalue weighted by Crippen LogP contribution is -2.41. The first-order valence-corrected chi connectivity index (χ1v) is 9.67. The summed E-state index contributed by atoms with van der Waals surface area (Å²) >= 11 is 0. The van der Waals surface area contributed by atoms with Crippen molar-refractivity contribution in [1.29, 1.82) is 0 Å². The summed E-state index contributed by atoms with van der Waals surface area (Å²) in [6.07, 6.45) is 3.05. The molecular weight excluding hydrogens is 386 g/mol. The fourth-order valence-corrected chi connectivity index (χ4v) is 4.14. The molecule has 1 radical (unpaired) electrons. The average Bonchev–Trinajstić information content (AvgIpc) is 3.22. The van der Waals surface area contributed by atoms with Gasteiger partial charge in [-0.2, -0.15) is 0 Å². The second kappa shape index (κ2) is 6.73. The molecular formula is C20H24N7O3. The van der Waals surface area contributed by atoms with E-state index in [1.807, 2.05) is 45.9 Å². The summed E-state index contributed by atoms with van der Waals surface area (Å²) < 4.78 is 2.88. The van der Waals surface area contributed by atoms with Crippen LogP contribution in [0.1, 0.15) is 38.8 Å². The summed E-state index contributed by atoms with van der Waals surface area (Å²) in [6, 6.07) is 5.72. The third-order valence-electron chi connectivity index (χ3n) is 5.75. The van der Waals surface area contributed by atoms with Crippen LogP contribution in [0, 0.1) is 0 Å². The van der Waals surface area contributed by atoms with Gasteiger partial charge in [-0.05, 0) is 51.0 Å². The summed E-state index contributed by atoms with van der Waals surface area (Å²) in [5, 5.41) is 22.2. The largest absolute Gasteiger partial charge is 0.329 e. The Bertz CT molecular complexity index is 1240. The van der Waals surface area contributed by atoms with Crippen molar-refractivity contribution >= 4 is 0 Å². The van der Waals surface area contributed by atoms with Crippen molar-refractivity contribution < 1.29 is 5.21 Å². The van der Waals surface area contributed by atoms with Crippen molar-refractivity contribution in [3.05, 3.63) is 62.6 Å². The topological polar surface area (TPSA) is 135 Å². The molecule has 0 fully saturated rings. The molecule has 0 saturated heterocycles. The van der Waals surface area contributed by atoms with Crippen molar-refractivity contribution in [3.8, 4) is 16.9 Å². The first-order chi connectivity index (χ1) is 14.1. The van der Waals surface area contributed by atoms with E-state index in [1.165, 1.54) is 10.8 Å². The smallest absolute Gasteiger partial charge is 0.328 e. The second-order valence-electron chi connectivity index (χ2n) is 8.47. The van der Waals surface area contributed by atoms with Gasteiger partial charge in [-0.3, -0.25) is 14.3 Å². The van der Waals surface area contributed by atoms with Crippen molar-refractivity contribution in [1.82, 2.24) is 29.6 Å². The maximum absolute atomic E-state index is 12.8. The summed E-state index contributed by atoms with van der Waals surface area (Å²) in [7, 11) is 0. The lowest BCUT2D eigenvalue weighted by Gasteiger charge is -2.32. The van der Waals surface area contributed by atoms with Crippen LogP contribution >= 0.6 is 0 Å². The number of H-pyrrole nitrogens is 1. The number of rotatable bonds is 4. The minimum absolute atomic E-state index is 0.225. The van der Waals surface area contributed by atoms with Gasteiger partial charge in [0.2, 0.25) is 0 Å². The minimum atomic E-state index is -0.687. The SMILES string of the molecule is CC1(C)c2ccc(-n3cc(-c4cn(CCN)c(=O)[nH]c4=O)nn3)cc2C(C)(C)N1[O]. The van der Waals surface area contributed by atoms with Crippen molar-refractivity contribution in [2.24, 2.45) is 5.73 Å². The van der Waals surface area contributed by atoms with Crippen LogP contribution in [0.4, 0.5) is 0 Å². The van der Waals surface area contributed by atoms with Crippen LogP contribution in [0.2, 0.25) is 0 Å². The molecule has 1 aliphatic rings.